The van der Waals surface area contributed by atoms with E-state index in [2.05, 4.69) is 5.32 Å². The van der Waals surface area contributed by atoms with Crippen LogP contribution >= 0.6 is 0 Å². The number of nitrogens with one attached hydrogen (secondary N) is 1. The lowest BCUT2D eigenvalue weighted by atomic mass is 9.99. The molecule has 0 bridgehead atoms. The predicted octanol–water partition coefficient (Wildman–Crippen LogP) is 3.26. The van der Waals surface area contributed by atoms with E-state index in [9.17, 15) is 9.59 Å². The van der Waals surface area contributed by atoms with Crippen LogP contribution in [0.5, 0.6) is 5.75 Å². The summed E-state index contributed by atoms with van der Waals surface area (Å²) in [7, 11) is 0. The van der Waals surface area contributed by atoms with Crippen LogP contribution in [0.3, 0.4) is 0 Å². The number of carbonyl (C=O) groups excluding carboxylic acids is 2. The van der Waals surface area contributed by atoms with Gasteiger partial charge in [0, 0.05) is 11.1 Å². The molecule has 0 saturated carbocycles. The Balaban J connectivity index is 1.59. The number of hydrogen-bond acceptors (Lipinski definition) is 3. The van der Waals surface area contributed by atoms with Crippen molar-refractivity contribution in [3.63, 3.8) is 0 Å². The van der Waals surface area contributed by atoms with Crippen molar-refractivity contribution in [1.82, 2.24) is 5.32 Å². The lowest BCUT2D eigenvalue weighted by Crippen LogP contribution is -2.28. The monoisotopic (exact) mass is 360 g/mol. The largest absolute Gasteiger partial charge is 0.492 e. The van der Waals surface area contributed by atoms with Gasteiger partial charge in [0.05, 0.1) is 6.54 Å². The molecule has 0 radical (unpaired) electrons. The first-order chi connectivity index (χ1) is 13.1. The number of primary amides is 1. The highest BCUT2D eigenvalue weighted by molar-refractivity contribution is 6.00. The quantitative estimate of drug-likeness (QED) is 0.635. The Morgan fingerprint density at radius 3 is 2.41 bits per heavy atom. The number of carbonyl (C=O) groups is 2. The molecule has 27 heavy (non-hydrogen) atoms. The van der Waals surface area contributed by atoms with E-state index in [0.29, 0.717) is 23.4 Å². The number of hydrogen-bond donors (Lipinski definition) is 2. The second kappa shape index (κ2) is 8.67. The average Bonchev–Trinajstić information content (AvgIpc) is 2.72. The van der Waals surface area contributed by atoms with Crippen LogP contribution in [-0.4, -0.2) is 25.0 Å². The lowest BCUT2D eigenvalue weighted by molar-refractivity contribution is 0.0947. The van der Waals surface area contributed by atoms with Crippen LogP contribution in [0.25, 0.3) is 11.1 Å². The maximum atomic E-state index is 12.6. The SMILES string of the molecule is NC(=O)c1cccc(OCCNC(=O)c2ccccc2-c2ccccc2)c1. The first kappa shape index (κ1) is 18.2. The summed E-state index contributed by atoms with van der Waals surface area (Å²) in [5, 5.41) is 2.86. The first-order valence-corrected chi connectivity index (χ1v) is 8.60. The van der Waals surface area contributed by atoms with Crippen LogP contribution in [0.4, 0.5) is 0 Å². The van der Waals surface area contributed by atoms with Crippen molar-refractivity contribution < 1.29 is 14.3 Å². The molecule has 5 heteroatoms. The number of rotatable bonds is 7. The van der Waals surface area contributed by atoms with E-state index in [1.165, 1.54) is 0 Å². The van der Waals surface area contributed by atoms with E-state index in [4.69, 9.17) is 10.5 Å². The van der Waals surface area contributed by atoms with Gasteiger partial charge in [0.25, 0.3) is 5.91 Å². The molecule has 0 fully saturated rings. The fraction of sp³-hybridized carbons (Fsp3) is 0.0909. The molecule has 3 aromatic rings. The third-order valence-electron chi connectivity index (χ3n) is 4.03. The highest BCUT2D eigenvalue weighted by atomic mass is 16.5. The van der Waals surface area contributed by atoms with Crippen LogP contribution < -0.4 is 15.8 Å². The highest BCUT2D eigenvalue weighted by Gasteiger charge is 2.11. The van der Waals surface area contributed by atoms with E-state index in [1.807, 2.05) is 48.5 Å². The molecule has 0 aliphatic rings. The molecule has 0 spiro atoms. The Hall–Kier alpha value is -3.60. The van der Waals surface area contributed by atoms with Gasteiger partial charge in [-0.05, 0) is 35.4 Å². The van der Waals surface area contributed by atoms with Crippen LogP contribution in [0.15, 0.2) is 78.9 Å². The molecular weight excluding hydrogens is 340 g/mol. The zero-order valence-electron chi connectivity index (χ0n) is 14.7. The molecule has 5 nitrogen and oxygen atoms in total. The molecule has 3 aromatic carbocycles. The summed E-state index contributed by atoms with van der Waals surface area (Å²) < 4.78 is 5.58. The fourth-order valence-electron chi connectivity index (χ4n) is 2.72. The van der Waals surface area contributed by atoms with E-state index < -0.39 is 5.91 Å². The van der Waals surface area contributed by atoms with Crippen molar-refractivity contribution in [2.75, 3.05) is 13.2 Å². The smallest absolute Gasteiger partial charge is 0.252 e. The molecule has 0 heterocycles. The maximum Gasteiger partial charge on any atom is 0.252 e. The molecule has 0 aliphatic carbocycles. The summed E-state index contributed by atoms with van der Waals surface area (Å²) in [6, 6.07) is 23.9. The number of amides is 2. The normalized spacial score (nSPS) is 10.2. The molecule has 0 aliphatic heterocycles. The summed E-state index contributed by atoms with van der Waals surface area (Å²) in [5.41, 5.74) is 8.11. The molecule has 0 aromatic heterocycles. The van der Waals surface area contributed by atoms with Gasteiger partial charge in [0.15, 0.2) is 0 Å². The predicted molar refractivity (Wildman–Crippen MR) is 105 cm³/mol. The maximum absolute atomic E-state index is 12.6. The molecule has 0 unspecified atom stereocenters. The Morgan fingerprint density at radius 1 is 0.889 bits per heavy atom. The van der Waals surface area contributed by atoms with Crippen molar-refractivity contribution in [3.8, 4) is 16.9 Å². The minimum absolute atomic E-state index is 0.163. The molecule has 0 saturated heterocycles. The number of ether oxygens (including phenoxy) is 1. The van der Waals surface area contributed by atoms with Crippen LogP contribution in [0.2, 0.25) is 0 Å². The van der Waals surface area contributed by atoms with Crippen molar-refractivity contribution in [1.29, 1.82) is 0 Å². The number of benzene rings is 3. The summed E-state index contributed by atoms with van der Waals surface area (Å²) in [6.07, 6.45) is 0. The van der Waals surface area contributed by atoms with E-state index in [1.54, 1.807) is 30.3 Å². The Kier molecular flexibility index (Phi) is 5.84. The van der Waals surface area contributed by atoms with Gasteiger partial charge < -0.3 is 15.8 Å². The van der Waals surface area contributed by atoms with Crippen LogP contribution in [0.1, 0.15) is 20.7 Å². The van der Waals surface area contributed by atoms with Crippen molar-refractivity contribution in [3.05, 3.63) is 90.0 Å². The molecule has 3 rings (SSSR count). The third-order valence-corrected chi connectivity index (χ3v) is 4.03. The minimum Gasteiger partial charge on any atom is -0.492 e. The van der Waals surface area contributed by atoms with Gasteiger partial charge in [-0.2, -0.15) is 0 Å². The fourth-order valence-corrected chi connectivity index (χ4v) is 2.72. The van der Waals surface area contributed by atoms with Gasteiger partial charge in [0.2, 0.25) is 5.91 Å². The van der Waals surface area contributed by atoms with E-state index in [-0.39, 0.29) is 12.5 Å². The average molecular weight is 360 g/mol. The van der Waals surface area contributed by atoms with Gasteiger partial charge in [0.1, 0.15) is 12.4 Å². The van der Waals surface area contributed by atoms with Gasteiger partial charge in [-0.25, -0.2) is 0 Å². The highest BCUT2D eigenvalue weighted by Crippen LogP contribution is 2.23. The summed E-state index contributed by atoms with van der Waals surface area (Å²) in [5.74, 6) is -0.138. The van der Waals surface area contributed by atoms with Gasteiger partial charge in [-0.1, -0.05) is 54.6 Å². The van der Waals surface area contributed by atoms with Crippen molar-refractivity contribution in [2.24, 2.45) is 5.73 Å². The van der Waals surface area contributed by atoms with Gasteiger partial charge in [-0.3, -0.25) is 9.59 Å². The topological polar surface area (TPSA) is 81.4 Å². The van der Waals surface area contributed by atoms with Crippen molar-refractivity contribution >= 4 is 11.8 Å². The second-order valence-corrected chi connectivity index (χ2v) is 5.91. The molecule has 3 N–H and O–H groups in total. The van der Waals surface area contributed by atoms with Crippen LogP contribution in [-0.2, 0) is 0 Å². The second-order valence-electron chi connectivity index (χ2n) is 5.91. The van der Waals surface area contributed by atoms with Gasteiger partial charge >= 0.3 is 0 Å². The van der Waals surface area contributed by atoms with Crippen molar-refractivity contribution in [2.45, 2.75) is 0 Å². The van der Waals surface area contributed by atoms with E-state index in [0.717, 1.165) is 11.1 Å². The molecular formula is C22H20N2O3. The van der Waals surface area contributed by atoms with E-state index >= 15 is 0 Å². The standard InChI is InChI=1S/C22H20N2O3/c23-21(25)17-9-6-10-18(15-17)27-14-13-24-22(26)20-12-5-4-11-19(20)16-7-2-1-3-8-16/h1-12,15H,13-14H2,(H2,23,25)(H,24,26). The third kappa shape index (κ3) is 4.73. The first-order valence-electron chi connectivity index (χ1n) is 8.60. The Morgan fingerprint density at radius 2 is 1.63 bits per heavy atom. The minimum atomic E-state index is -0.508. The lowest BCUT2D eigenvalue weighted by Gasteiger charge is -2.11. The summed E-state index contributed by atoms with van der Waals surface area (Å²) in [4.78, 5) is 23.8. The zero-order chi connectivity index (χ0) is 19.1. The summed E-state index contributed by atoms with van der Waals surface area (Å²) in [6.45, 7) is 0.615. The number of nitrogens with two attached hydrogens (primary N) is 1. The van der Waals surface area contributed by atoms with Crippen LogP contribution in [0, 0.1) is 0 Å². The zero-order valence-corrected chi connectivity index (χ0v) is 14.7. The molecule has 136 valence electrons. The Bertz CT molecular complexity index is 939. The molecule has 0 atom stereocenters. The summed E-state index contributed by atoms with van der Waals surface area (Å²) >= 11 is 0. The Labute approximate surface area is 157 Å². The molecule has 2 amide bonds. The van der Waals surface area contributed by atoms with Gasteiger partial charge in [-0.15, -0.1) is 0 Å².